The van der Waals surface area contributed by atoms with Gasteiger partial charge >= 0.3 is 17.6 Å². The van der Waals surface area contributed by atoms with E-state index in [-0.39, 0.29) is 16.1 Å². The van der Waals surface area contributed by atoms with Crippen LogP contribution in [0.15, 0.2) is 0 Å². The fraction of sp³-hybridized carbons (Fsp3) is 1.00. The van der Waals surface area contributed by atoms with Crippen molar-refractivity contribution in [3.63, 3.8) is 0 Å². The molecule has 0 N–H and O–H groups in total. The maximum Gasteiger partial charge on any atom is 0.507 e. The van der Waals surface area contributed by atoms with Crippen LogP contribution in [0.1, 0.15) is 6.92 Å². The van der Waals surface area contributed by atoms with Gasteiger partial charge in [0.2, 0.25) is 0 Å². The average Bonchev–Trinajstić information content (AvgIpc) is 2.35. The molecule has 0 aliphatic rings. The number of hydrogen-bond donors (Lipinski definition) is 0. The zero-order valence-electron chi connectivity index (χ0n) is 11.0. The van der Waals surface area contributed by atoms with Crippen LogP contribution < -0.4 is 0 Å². The third-order valence-electron chi connectivity index (χ3n) is 2.77. The number of hydrogen-bond acceptors (Lipinski definition) is 6. The van der Waals surface area contributed by atoms with E-state index in [2.05, 4.69) is 0 Å². The van der Waals surface area contributed by atoms with E-state index < -0.39 is 17.6 Å². The third-order valence-corrected chi connectivity index (χ3v) is 10.4. The largest absolute Gasteiger partial charge is 0.507 e. The summed E-state index contributed by atoms with van der Waals surface area (Å²) < 4.78 is 32.4. The second kappa shape index (κ2) is 8.50. The summed E-state index contributed by atoms with van der Waals surface area (Å²) in [6, 6.07) is 0. The topological polar surface area (TPSA) is 55.4 Å². The Kier molecular flexibility index (Phi) is 9.87. The van der Waals surface area contributed by atoms with Crippen molar-refractivity contribution in [2.24, 2.45) is 0 Å². The lowest BCUT2D eigenvalue weighted by molar-refractivity contribution is 0.0827. The summed E-state index contributed by atoms with van der Waals surface area (Å²) in [6.07, 6.45) is 0. The van der Waals surface area contributed by atoms with E-state index in [0.717, 1.165) is 0 Å². The van der Waals surface area contributed by atoms with Gasteiger partial charge in [-0.25, -0.2) is 0 Å². The van der Waals surface area contributed by atoms with E-state index in [0.29, 0.717) is 0 Å². The molecule has 0 heterocycles. The lowest BCUT2D eigenvalue weighted by Gasteiger charge is -2.37. The fourth-order valence-corrected chi connectivity index (χ4v) is 8.75. The molecule has 9 heteroatoms. The van der Waals surface area contributed by atoms with Crippen LogP contribution in [0.4, 0.5) is 0 Å². The Balaban J connectivity index is 0. The molecule has 0 fully saturated rings. The highest BCUT2D eigenvalue weighted by Crippen LogP contribution is 2.34. The summed E-state index contributed by atoms with van der Waals surface area (Å²) in [5.41, 5.74) is 0. The fourth-order valence-electron chi connectivity index (χ4n) is 1.78. The van der Waals surface area contributed by atoms with Crippen molar-refractivity contribution in [3.05, 3.63) is 0 Å². The van der Waals surface area contributed by atoms with Gasteiger partial charge in [0.1, 0.15) is 0 Å². The van der Waals surface area contributed by atoms with Crippen molar-refractivity contribution in [1.29, 1.82) is 0 Å². The minimum Gasteiger partial charge on any atom is -0.377 e. The smallest absolute Gasteiger partial charge is 0.377 e. The molecule has 0 saturated heterocycles. The van der Waals surface area contributed by atoms with Crippen molar-refractivity contribution in [2.75, 3.05) is 42.7 Å². The Morgan fingerprint density at radius 3 is 0.882 bits per heavy atom. The first kappa shape index (κ1) is 19.7. The van der Waals surface area contributed by atoms with Gasteiger partial charge in [0, 0.05) is 42.7 Å². The monoisotopic (exact) mass is 302 g/mol. The lowest BCUT2D eigenvalue weighted by atomic mass is 10.9. The van der Waals surface area contributed by atoms with Gasteiger partial charge in [-0.2, -0.15) is 0 Å². The quantitative estimate of drug-likeness (QED) is 0.548. The second-order valence-corrected chi connectivity index (χ2v) is 10.3. The first-order chi connectivity index (χ1) is 7.52. The van der Waals surface area contributed by atoms with Crippen LogP contribution in [0.2, 0.25) is 5.16 Å². The van der Waals surface area contributed by atoms with Gasteiger partial charge in [0.15, 0.2) is 0 Å². The van der Waals surface area contributed by atoms with Crippen molar-refractivity contribution in [1.82, 2.24) is 0 Å². The molecule has 0 aromatic rings. The zero-order chi connectivity index (χ0) is 12.8. The first-order valence-corrected chi connectivity index (χ1v) is 8.43. The van der Waals surface area contributed by atoms with E-state index in [1.807, 2.05) is 6.92 Å². The molecule has 0 aliphatic heterocycles. The lowest BCUT2D eigenvalue weighted by Crippen LogP contribution is -2.61. The van der Waals surface area contributed by atoms with E-state index in [1.165, 1.54) is 0 Å². The van der Waals surface area contributed by atoms with Crippen LogP contribution in [-0.2, 0) is 26.6 Å². The SMILES string of the molecule is CO[Si](OC)(OC)C(C)[Si](OC)(OC)OC.[SiH4]. The van der Waals surface area contributed by atoms with E-state index in [9.17, 15) is 0 Å². The summed E-state index contributed by atoms with van der Waals surface area (Å²) in [5.74, 6) is 0. The van der Waals surface area contributed by atoms with Crippen molar-refractivity contribution in [3.8, 4) is 0 Å². The molecule has 0 bridgehead atoms. The van der Waals surface area contributed by atoms with E-state index in [4.69, 9.17) is 26.6 Å². The first-order valence-electron chi connectivity index (χ1n) is 4.83. The minimum atomic E-state index is -2.83. The van der Waals surface area contributed by atoms with Crippen LogP contribution in [0.25, 0.3) is 0 Å². The molecule has 106 valence electrons. The Bertz CT molecular complexity index is 161. The normalized spacial score (nSPS) is 12.7. The average molecular weight is 303 g/mol. The van der Waals surface area contributed by atoms with Gasteiger partial charge in [0.05, 0.1) is 5.16 Å². The van der Waals surface area contributed by atoms with Gasteiger partial charge < -0.3 is 26.6 Å². The van der Waals surface area contributed by atoms with Crippen LogP contribution in [0.5, 0.6) is 0 Å². The molecule has 0 radical (unpaired) electrons. The molecule has 0 rings (SSSR count). The molecule has 0 aliphatic carbocycles. The van der Waals surface area contributed by atoms with Gasteiger partial charge in [0.25, 0.3) is 0 Å². The molecular formula is C8H26O6Si3. The summed E-state index contributed by atoms with van der Waals surface area (Å²) in [7, 11) is 3.64. The van der Waals surface area contributed by atoms with Gasteiger partial charge in [-0.05, 0) is 11.0 Å². The minimum absolute atomic E-state index is 0. The van der Waals surface area contributed by atoms with Crippen molar-refractivity contribution >= 4 is 28.6 Å². The maximum absolute atomic E-state index is 5.40. The summed E-state index contributed by atoms with van der Waals surface area (Å²) in [4.78, 5) is 0. The highest BCUT2D eigenvalue weighted by Gasteiger charge is 2.61. The zero-order valence-corrected chi connectivity index (χ0v) is 13.0. The molecule has 0 unspecified atom stereocenters. The molecule has 0 saturated carbocycles. The van der Waals surface area contributed by atoms with Crippen LogP contribution in [-0.4, -0.2) is 71.2 Å². The van der Waals surface area contributed by atoms with Crippen LogP contribution in [0, 0.1) is 0 Å². The third kappa shape index (κ3) is 3.69. The molecule has 0 spiro atoms. The van der Waals surface area contributed by atoms with E-state index >= 15 is 0 Å². The highest BCUT2D eigenvalue weighted by atomic mass is 28.5. The Morgan fingerprint density at radius 1 is 0.588 bits per heavy atom. The molecule has 0 aromatic heterocycles. The summed E-state index contributed by atoms with van der Waals surface area (Å²) in [6.45, 7) is 1.89. The summed E-state index contributed by atoms with van der Waals surface area (Å²) in [5, 5.41) is -0.208. The number of rotatable bonds is 8. The predicted octanol–water partition coefficient (Wildman–Crippen LogP) is -0.780. The molecular weight excluding hydrogens is 276 g/mol. The standard InChI is InChI=1S/C8H22O6Si2.H4Si/c1-8(15(9-2,10-3)11-4)16(12-5,13-6)14-7;/h8H,1-7H3;1H4. The second-order valence-electron chi connectivity index (χ2n) is 3.15. The predicted molar refractivity (Wildman–Crippen MR) is 74.3 cm³/mol. The van der Waals surface area contributed by atoms with Crippen molar-refractivity contribution < 1.29 is 26.6 Å². The maximum atomic E-state index is 5.40. The highest BCUT2D eigenvalue weighted by molar-refractivity contribution is 6.82. The van der Waals surface area contributed by atoms with Crippen LogP contribution in [0.3, 0.4) is 0 Å². The molecule has 17 heavy (non-hydrogen) atoms. The Morgan fingerprint density at radius 2 is 0.765 bits per heavy atom. The molecule has 0 amide bonds. The molecule has 0 atom stereocenters. The summed E-state index contributed by atoms with van der Waals surface area (Å²) >= 11 is 0. The van der Waals surface area contributed by atoms with Crippen LogP contribution >= 0.6 is 0 Å². The van der Waals surface area contributed by atoms with Gasteiger partial charge in [-0.3, -0.25) is 0 Å². The van der Waals surface area contributed by atoms with Gasteiger partial charge in [-0.15, -0.1) is 0 Å². The molecule has 6 nitrogen and oxygen atoms in total. The Labute approximate surface area is 110 Å². The van der Waals surface area contributed by atoms with E-state index in [1.54, 1.807) is 42.7 Å². The Hall–Kier alpha value is 0.411. The van der Waals surface area contributed by atoms with Crippen molar-refractivity contribution in [2.45, 2.75) is 12.1 Å². The molecule has 0 aromatic carbocycles. The van der Waals surface area contributed by atoms with Gasteiger partial charge in [-0.1, -0.05) is 6.92 Å².